The molecule has 17 heavy (non-hydrogen) atoms. The number of hydrogen-bond acceptors (Lipinski definition) is 4. The molecule has 0 saturated carbocycles. The number of thiophene rings is 1. The van der Waals surface area contributed by atoms with Gasteiger partial charge in [-0.15, -0.1) is 11.3 Å². The third kappa shape index (κ3) is 2.97. The van der Waals surface area contributed by atoms with E-state index < -0.39 is 0 Å². The third-order valence-corrected chi connectivity index (χ3v) is 3.76. The van der Waals surface area contributed by atoms with Crippen molar-refractivity contribution in [3.05, 3.63) is 45.4 Å². The molecule has 0 atom stereocenters. The van der Waals surface area contributed by atoms with Gasteiger partial charge in [0.05, 0.1) is 22.8 Å². The number of halogens is 1. The van der Waals surface area contributed by atoms with E-state index in [1.54, 1.807) is 17.5 Å². The Kier molecular flexibility index (Phi) is 3.99. The number of pyridine rings is 1. The van der Waals surface area contributed by atoms with Gasteiger partial charge in [-0.05, 0) is 23.8 Å². The second kappa shape index (κ2) is 5.49. The van der Waals surface area contributed by atoms with Crippen molar-refractivity contribution in [3.63, 3.8) is 0 Å². The number of nitrogens with two attached hydrogens (primary N) is 1. The minimum atomic E-state index is 0.521. The predicted octanol–water partition coefficient (Wildman–Crippen LogP) is 2.89. The summed E-state index contributed by atoms with van der Waals surface area (Å²) in [7, 11) is 2.03. The van der Waals surface area contributed by atoms with E-state index in [9.17, 15) is 0 Å². The Morgan fingerprint density at radius 1 is 1.41 bits per heavy atom. The van der Waals surface area contributed by atoms with E-state index in [-0.39, 0.29) is 0 Å². The Labute approximate surface area is 110 Å². The van der Waals surface area contributed by atoms with Gasteiger partial charge in [0.15, 0.2) is 0 Å². The van der Waals surface area contributed by atoms with Gasteiger partial charge in [-0.2, -0.15) is 0 Å². The van der Waals surface area contributed by atoms with Gasteiger partial charge in [-0.1, -0.05) is 11.6 Å². The molecular weight excluding hydrogens is 254 g/mol. The summed E-state index contributed by atoms with van der Waals surface area (Å²) in [5.41, 5.74) is 7.88. The molecule has 5 heteroatoms. The average Bonchev–Trinajstić information content (AvgIpc) is 2.74. The zero-order chi connectivity index (χ0) is 12.3. The maximum atomic E-state index is 5.92. The summed E-state index contributed by atoms with van der Waals surface area (Å²) in [6, 6.07) is 5.91. The van der Waals surface area contributed by atoms with Gasteiger partial charge >= 0.3 is 0 Å². The molecule has 90 valence electrons. The van der Waals surface area contributed by atoms with E-state index in [2.05, 4.69) is 9.88 Å². The van der Waals surface area contributed by atoms with E-state index in [0.29, 0.717) is 6.54 Å². The maximum Gasteiger partial charge on any atom is 0.0931 e. The topological polar surface area (TPSA) is 42.2 Å². The molecule has 0 unspecified atom stereocenters. The number of anilines is 1. The van der Waals surface area contributed by atoms with Crippen LogP contribution in [0.15, 0.2) is 30.6 Å². The molecule has 0 saturated heterocycles. The van der Waals surface area contributed by atoms with Crippen LogP contribution in [-0.4, -0.2) is 12.0 Å². The molecule has 0 fully saturated rings. The highest BCUT2D eigenvalue weighted by molar-refractivity contribution is 7.16. The van der Waals surface area contributed by atoms with Crippen molar-refractivity contribution < 1.29 is 0 Å². The highest BCUT2D eigenvalue weighted by Crippen LogP contribution is 2.25. The summed E-state index contributed by atoms with van der Waals surface area (Å²) < 4.78 is 0.818. The Morgan fingerprint density at radius 3 is 2.88 bits per heavy atom. The number of nitrogens with zero attached hydrogens (tertiary/aromatic N) is 2. The summed E-state index contributed by atoms with van der Waals surface area (Å²) in [6.07, 6.45) is 3.61. The van der Waals surface area contributed by atoms with E-state index in [0.717, 1.165) is 22.1 Å². The van der Waals surface area contributed by atoms with Gasteiger partial charge in [0, 0.05) is 24.7 Å². The lowest BCUT2D eigenvalue weighted by atomic mass is 10.2. The monoisotopic (exact) mass is 267 g/mol. The van der Waals surface area contributed by atoms with Crippen LogP contribution in [0.4, 0.5) is 5.69 Å². The second-order valence-corrected chi connectivity index (χ2v) is 5.57. The summed E-state index contributed by atoms with van der Waals surface area (Å²) in [6.45, 7) is 1.34. The molecular formula is C12H14ClN3S. The summed E-state index contributed by atoms with van der Waals surface area (Å²) in [5.74, 6) is 0. The first kappa shape index (κ1) is 12.4. The van der Waals surface area contributed by atoms with Crippen molar-refractivity contribution in [2.45, 2.75) is 13.1 Å². The van der Waals surface area contributed by atoms with Crippen LogP contribution in [0.2, 0.25) is 4.34 Å². The van der Waals surface area contributed by atoms with Crippen molar-refractivity contribution in [1.29, 1.82) is 0 Å². The van der Waals surface area contributed by atoms with Crippen molar-refractivity contribution >= 4 is 28.6 Å². The van der Waals surface area contributed by atoms with Crippen molar-refractivity contribution in [1.82, 2.24) is 4.98 Å². The molecule has 2 aromatic heterocycles. The molecule has 0 aliphatic carbocycles. The van der Waals surface area contributed by atoms with Crippen LogP contribution in [0.5, 0.6) is 0 Å². The van der Waals surface area contributed by atoms with Crippen LogP contribution in [0.3, 0.4) is 0 Å². The van der Waals surface area contributed by atoms with Gasteiger partial charge in [0.1, 0.15) is 0 Å². The van der Waals surface area contributed by atoms with Crippen LogP contribution < -0.4 is 10.6 Å². The SMILES string of the molecule is CN(Cc1ccc(Cl)s1)c1cnccc1CN. The van der Waals surface area contributed by atoms with Gasteiger partial charge in [-0.3, -0.25) is 4.98 Å². The van der Waals surface area contributed by atoms with Crippen LogP contribution in [0, 0.1) is 0 Å². The van der Waals surface area contributed by atoms with Crippen LogP contribution >= 0.6 is 22.9 Å². The Morgan fingerprint density at radius 2 is 2.24 bits per heavy atom. The Bertz CT molecular complexity index is 498. The first-order valence-electron chi connectivity index (χ1n) is 5.29. The summed E-state index contributed by atoms with van der Waals surface area (Å²) >= 11 is 7.51. The minimum Gasteiger partial charge on any atom is -0.368 e. The Balaban J connectivity index is 2.16. The van der Waals surface area contributed by atoms with Crippen LogP contribution in [0.25, 0.3) is 0 Å². The molecule has 0 spiro atoms. The van der Waals surface area contributed by atoms with Gasteiger partial charge in [-0.25, -0.2) is 0 Å². The molecule has 0 amide bonds. The normalized spacial score (nSPS) is 10.5. The lowest BCUT2D eigenvalue weighted by Crippen LogP contribution is -2.18. The second-order valence-electron chi connectivity index (χ2n) is 3.77. The molecule has 0 bridgehead atoms. The fourth-order valence-corrected chi connectivity index (χ4v) is 2.83. The average molecular weight is 268 g/mol. The van der Waals surface area contributed by atoms with Crippen LogP contribution in [0.1, 0.15) is 10.4 Å². The smallest absolute Gasteiger partial charge is 0.0931 e. The maximum absolute atomic E-state index is 5.92. The molecule has 2 aromatic rings. The van der Waals surface area contributed by atoms with Gasteiger partial charge in [0.2, 0.25) is 0 Å². The van der Waals surface area contributed by atoms with Crippen molar-refractivity contribution in [3.8, 4) is 0 Å². The van der Waals surface area contributed by atoms with Crippen LogP contribution in [-0.2, 0) is 13.1 Å². The first-order chi connectivity index (χ1) is 8.20. The Hall–Kier alpha value is -1.10. The molecule has 3 nitrogen and oxygen atoms in total. The molecule has 0 aromatic carbocycles. The fraction of sp³-hybridized carbons (Fsp3) is 0.250. The minimum absolute atomic E-state index is 0.521. The largest absolute Gasteiger partial charge is 0.368 e. The molecule has 2 rings (SSSR count). The van der Waals surface area contributed by atoms with Gasteiger partial charge < -0.3 is 10.6 Å². The zero-order valence-electron chi connectivity index (χ0n) is 9.56. The predicted molar refractivity (Wildman–Crippen MR) is 73.6 cm³/mol. The quantitative estimate of drug-likeness (QED) is 0.926. The summed E-state index contributed by atoms with van der Waals surface area (Å²) in [5, 5.41) is 0. The van der Waals surface area contributed by atoms with E-state index in [1.165, 1.54) is 4.88 Å². The van der Waals surface area contributed by atoms with E-state index in [4.69, 9.17) is 17.3 Å². The zero-order valence-corrected chi connectivity index (χ0v) is 11.1. The highest BCUT2D eigenvalue weighted by Gasteiger charge is 2.08. The van der Waals surface area contributed by atoms with E-state index in [1.807, 2.05) is 31.4 Å². The van der Waals surface area contributed by atoms with Crippen molar-refractivity contribution in [2.24, 2.45) is 5.73 Å². The standard InChI is InChI=1S/C12H14ClN3S/c1-16(8-10-2-3-12(13)17-10)11-7-15-5-4-9(11)6-14/h2-5,7H,6,8,14H2,1H3. The fourth-order valence-electron chi connectivity index (χ4n) is 1.69. The molecule has 0 aliphatic heterocycles. The molecule has 0 radical (unpaired) electrons. The molecule has 2 N–H and O–H groups in total. The molecule has 0 aliphatic rings. The molecule has 2 heterocycles. The van der Waals surface area contributed by atoms with Crippen molar-refractivity contribution in [2.75, 3.05) is 11.9 Å². The highest BCUT2D eigenvalue weighted by atomic mass is 35.5. The van der Waals surface area contributed by atoms with Gasteiger partial charge in [0.25, 0.3) is 0 Å². The first-order valence-corrected chi connectivity index (χ1v) is 6.48. The van der Waals surface area contributed by atoms with E-state index >= 15 is 0 Å². The third-order valence-electron chi connectivity index (χ3n) is 2.54. The lowest BCUT2D eigenvalue weighted by Gasteiger charge is -2.20. The number of aromatic nitrogens is 1. The summed E-state index contributed by atoms with van der Waals surface area (Å²) in [4.78, 5) is 7.50. The number of hydrogen-bond donors (Lipinski definition) is 1. The lowest BCUT2D eigenvalue weighted by molar-refractivity contribution is 0.910. The number of rotatable bonds is 4.